The van der Waals surface area contributed by atoms with Crippen LogP contribution in [0.5, 0.6) is 0 Å². The van der Waals surface area contributed by atoms with Crippen LogP contribution in [0, 0.1) is 11.3 Å². The van der Waals surface area contributed by atoms with Crippen molar-refractivity contribution in [3.8, 4) is 0 Å². The zero-order valence-electron chi connectivity index (χ0n) is 35.9. The number of alkyl halides is 3. The second-order valence-corrected chi connectivity index (χ2v) is 18.9. The Morgan fingerprint density at radius 2 is 1.70 bits per heavy atom. The fraction of sp³-hybridized carbons (Fsp3) is 0.522. The van der Waals surface area contributed by atoms with E-state index in [1.54, 1.807) is 42.2 Å². The summed E-state index contributed by atoms with van der Waals surface area (Å²) in [6.07, 6.45) is 5.10. The van der Waals surface area contributed by atoms with Crippen molar-refractivity contribution in [1.82, 2.24) is 39.0 Å². The first kappa shape index (κ1) is 42.9. The number of carbonyl (C=O) groups is 3. The van der Waals surface area contributed by atoms with Crippen LogP contribution in [-0.4, -0.2) is 95.8 Å². The summed E-state index contributed by atoms with van der Waals surface area (Å²) >= 11 is 0. The maximum Gasteiger partial charge on any atom is 0.433 e. The molecule has 0 radical (unpaired) electrons. The summed E-state index contributed by atoms with van der Waals surface area (Å²) < 4.78 is 45.0. The SMILES string of the molecule is Cn1c(=O)n(C2CCC(=O)NC2=O)c2cccc(CCN3CC4(CCN(C[C@H]5CC[C@H](n6cc7cc(NC(=O)c8cccc(C(F)(F)F)n8)c(C(C)(C)O)cc7n6)CC5)CC4)C3)c21. The van der Waals surface area contributed by atoms with E-state index in [9.17, 15) is 37.5 Å². The minimum Gasteiger partial charge on any atom is -0.386 e. The second kappa shape index (κ2) is 16.3. The number of likely N-dealkylation sites (tertiary alicyclic amines) is 2. The molecule has 1 atom stereocenters. The van der Waals surface area contributed by atoms with Gasteiger partial charge in [-0.05, 0) is 126 Å². The van der Waals surface area contributed by atoms with Gasteiger partial charge in [-0.2, -0.15) is 18.3 Å². The van der Waals surface area contributed by atoms with Gasteiger partial charge in [0.1, 0.15) is 17.4 Å². The minimum absolute atomic E-state index is 0.208. The number of pyridine rings is 1. The molecule has 3 N–H and O–H groups in total. The topological polar surface area (TPSA) is 160 Å². The van der Waals surface area contributed by atoms with Gasteiger partial charge in [0, 0.05) is 62.5 Å². The minimum atomic E-state index is -4.69. The van der Waals surface area contributed by atoms with Gasteiger partial charge in [-0.15, -0.1) is 0 Å². The third-order valence-electron chi connectivity index (χ3n) is 14.0. The van der Waals surface area contributed by atoms with Crippen molar-refractivity contribution in [1.29, 1.82) is 0 Å². The van der Waals surface area contributed by atoms with E-state index in [1.807, 2.05) is 23.0 Å². The van der Waals surface area contributed by atoms with Crippen molar-refractivity contribution in [2.45, 2.75) is 95.5 Å². The molecule has 2 aromatic carbocycles. The highest BCUT2D eigenvalue weighted by Gasteiger charge is 2.45. The van der Waals surface area contributed by atoms with Crippen molar-refractivity contribution in [2.24, 2.45) is 18.4 Å². The van der Waals surface area contributed by atoms with Crippen LogP contribution in [-0.2, 0) is 34.8 Å². The van der Waals surface area contributed by atoms with Crippen molar-refractivity contribution in [2.75, 3.05) is 44.6 Å². The number of amides is 3. The number of aromatic nitrogens is 5. The van der Waals surface area contributed by atoms with E-state index < -0.39 is 35.3 Å². The lowest BCUT2D eigenvalue weighted by Crippen LogP contribution is -2.60. The van der Waals surface area contributed by atoms with Gasteiger partial charge in [0.05, 0.1) is 28.2 Å². The highest BCUT2D eigenvalue weighted by atomic mass is 19.4. The van der Waals surface area contributed by atoms with Gasteiger partial charge in [-0.1, -0.05) is 18.2 Å². The highest BCUT2D eigenvalue weighted by Crippen LogP contribution is 2.42. The molecule has 1 aliphatic carbocycles. The number of aryl methyl sites for hydroxylation is 1. The Bertz CT molecular complexity index is 2640. The number of imidazole rings is 1. The maximum atomic E-state index is 13.4. The van der Waals surface area contributed by atoms with Crippen molar-refractivity contribution >= 4 is 45.3 Å². The number of piperidine rings is 2. The standard InChI is InChI=1S/C46H54F3N9O5/c1-44(2,63)32-23-34-30(22-35(32)51-41(60)33-7-5-9-38(50-33)46(47,48)49)25-57(53-34)31-12-10-28(11-13-31)24-55-20-17-45(18-21-55)26-56(27-45)19-16-29-6-4-8-36-40(29)54(3)43(62)58(36)37-14-15-39(59)52-42(37)61/h4-9,22-23,25,28,31,37,63H,10-21,24,26-27H2,1-3H3,(H,51,60)(H,52,59,61)/t28-,31-,37?. The van der Waals surface area contributed by atoms with E-state index in [-0.39, 0.29) is 35.4 Å². The number of benzene rings is 2. The van der Waals surface area contributed by atoms with Crippen molar-refractivity contribution in [3.63, 3.8) is 0 Å². The van der Waals surface area contributed by atoms with Gasteiger partial charge in [-0.3, -0.25) is 33.5 Å². The van der Waals surface area contributed by atoms with Crippen LogP contribution in [0.2, 0.25) is 0 Å². The largest absolute Gasteiger partial charge is 0.433 e. The molecule has 63 heavy (non-hydrogen) atoms. The molecule has 4 aliphatic rings. The van der Waals surface area contributed by atoms with E-state index in [0.717, 1.165) is 105 Å². The van der Waals surface area contributed by atoms with Crippen LogP contribution in [0.3, 0.4) is 0 Å². The zero-order valence-corrected chi connectivity index (χ0v) is 35.9. The summed E-state index contributed by atoms with van der Waals surface area (Å²) in [5.41, 5.74) is 1.19. The predicted octanol–water partition coefficient (Wildman–Crippen LogP) is 5.93. The van der Waals surface area contributed by atoms with Crippen LogP contribution >= 0.6 is 0 Å². The molecule has 334 valence electrons. The first-order valence-corrected chi connectivity index (χ1v) is 22.0. The molecule has 9 rings (SSSR count). The number of aliphatic hydroxyl groups is 1. The van der Waals surface area contributed by atoms with E-state index >= 15 is 0 Å². The van der Waals surface area contributed by atoms with Crippen molar-refractivity contribution < 1.29 is 32.7 Å². The summed E-state index contributed by atoms with van der Waals surface area (Å²) in [6.45, 7) is 9.50. The van der Waals surface area contributed by atoms with Gasteiger partial charge in [0.25, 0.3) is 5.91 Å². The molecule has 3 aliphatic heterocycles. The van der Waals surface area contributed by atoms with Gasteiger partial charge < -0.3 is 20.2 Å². The van der Waals surface area contributed by atoms with Crippen LogP contribution in [0.25, 0.3) is 21.9 Å². The molecule has 3 amide bonds. The molecule has 5 aromatic rings. The molecular weight excluding hydrogens is 816 g/mol. The number of nitrogens with zero attached hydrogens (tertiary/aromatic N) is 7. The average Bonchev–Trinajstić information content (AvgIpc) is 3.76. The van der Waals surface area contributed by atoms with Crippen molar-refractivity contribution in [3.05, 3.63) is 87.7 Å². The number of anilines is 1. The Kier molecular flexibility index (Phi) is 11.1. The summed E-state index contributed by atoms with van der Waals surface area (Å²) in [7, 11) is 1.75. The highest BCUT2D eigenvalue weighted by molar-refractivity contribution is 6.04. The average molecular weight is 870 g/mol. The molecule has 6 heterocycles. The fourth-order valence-corrected chi connectivity index (χ4v) is 10.6. The molecule has 3 aromatic heterocycles. The Morgan fingerprint density at radius 1 is 0.968 bits per heavy atom. The monoisotopic (exact) mass is 869 g/mol. The van der Waals surface area contributed by atoms with E-state index in [1.165, 1.54) is 18.9 Å². The number of nitrogens with one attached hydrogen (secondary N) is 2. The molecule has 1 unspecified atom stereocenters. The number of imide groups is 1. The molecule has 3 saturated heterocycles. The van der Waals surface area contributed by atoms with Gasteiger partial charge in [-0.25, -0.2) is 9.78 Å². The number of hydrogen-bond donors (Lipinski definition) is 3. The number of carbonyl (C=O) groups excluding carboxylic acids is 3. The van der Waals surface area contributed by atoms with Crippen LogP contribution < -0.4 is 16.3 Å². The van der Waals surface area contributed by atoms with E-state index in [0.29, 0.717) is 28.8 Å². The predicted molar refractivity (Wildman–Crippen MR) is 230 cm³/mol. The van der Waals surface area contributed by atoms with E-state index in [4.69, 9.17) is 5.10 Å². The summed E-state index contributed by atoms with van der Waals surface area (Å²) in [4.78, 5) is 59.6. The van der Waals surface area contributed by atoms with Gasteiger partial charge in [0.15, 0.2) is 0 Å². The molecule has 0 bridgehead atoms. The molecule has 1 spiro atoms. The van der Waals surface area contributed by atoms with Crippen LogP contribution in [0.1, 0.15) is 105 Å². The molecule has 1 saturated carbocycles. The van der Waals surface area contributed by atoms with E-state index in [2.05, 4.69) is 31.5 Å². The third kappa shape index (κ3) is 8.54. The molecular formula is C46H54F3N9O5. The van der Waals surface area contributed by atoms with Crippen LogP contribution in [0.4, 0.5) is 18.9 Å². The lowest BCUT2D eigenvalue weighted by molar-refractivity contribution is -0.141. The van der Waals surface area contributed by atoms with Gasteiger partial charge >= 0.3 is 11.9 Å². The first-order valence-electron chi connectivity index (χ1n) is 22.0. The third-order valence-corrected chi connectivity index (χ3v) is 14.0. The Morgan fingerprint density at radius 3 is 2.40 bits per heavy atom. The summed E-state index contributed by atoms with van der Waals surface area (Å²) in [5.74, 6) is -0.934. The first-order chi connectivity index (χ1) is 29.9. The lowest BCUT2D eigenvalue weighted by atomic mass is 9.71. The molecule has 17 heteroatoms. The number of rotatable bonds is 10. The lowest BCUT2D eigenvalue weighted by Gasteiger charge is -2.54. The zero-order chi connectivity index (χ0) is 44.4. The Labute approximate surface area is 362 Å². The Hall–Kier alpha value is -5.39. The number of halogens is 3. The molecule has 14 nitrogen and oxygen atoms in total. The normalized spacial score (nSPS) is 22.4. The number of fused-ring (bicyclic) bond motifs is 2. The summed E-state index contributed by atoms with van der Waals surface area (Å²) in [5, 5.41) is 21.7. The van der Waals surface area contributed by atoms with Gasteiger partial charge in [0.2, 0.25) is 11.8 Å². The number of para-hydroxylation sites is 1. The smallest absolute Gasteiger partial charge is 0.386 e. The summed E-state index contributed by atoms with van der Waals surface area (Å²) in [6, 6.07) is 12.0. The Balaban J connectivity index is 0.759. The second-order valence-electron chi connectivity index (χ2n) is 18.9. The number of hydrogen-bond acceptors (Lipinski definition) is 9. The molecule has 4 fully saturated rings. The maximum absolute atomic E-state index is 13.4. The van der Waals surface area contributed by atoms with Crippen LogP contribution in [0.15, 0.2) is 59.5 Å². The fourth-order valence-electron chi connectivity index (χ4n) is 10.6. The quantitative estimate of drug-likeness (QED) is 0.145.